The Kier molecular flexibility index (Phi) is 5.67. The second-order valence-corrected chi connectivity index (χ2v) is 8.45. The van der Waals surface area contributed by atoms with E-state index in [2.05, 4.69) is 34.8 Å². The fourth-order valence-electron chi connectivity index (χ4n) is 4.78. The maximum atomic E-state index is 11.9. The number of para-hydroxylation sites is 1. The molecule has 3 aromatic rings. The van der Waals surface area contributed by atoms with Gasteiger partial charge in [-0.3, -0.25) is 4.79 Å². The van der Waals surface area contributed by atoms with Crippen LogP contribution in [0.2, 0.25) is 0 Å². The molecule has 1 atom stereocenters. The van der Waals surface area contributed by atoms with Crippen molar-refractivity contribution in [2.75, 3.05) is 25.0 Å². The molecular weight excluding hydrogens is 400 g/mol. The number of hydrogen-bond donors (Lipinski definition) is 1. The lowest BCUT2D eigenvalue weighted by atomic mass is 9.87. The SMILES string of the molecule is C=CC(=O)N1CCC([C@@H]2CCNc3cc(-c4ccc(Oc5ccccc5)cc4)nn32)CC1. The molecule has 0 spiro atoms. The molecule has 164 valence electrons. The first-order valence-corrected chi connectivity index (χ1v) is 11.3. The largest absolute Gasteiger partial charge is 0.457 e. The molecule has 1 aromatic heterocycles. The number of benzene rings is 2. The molecule has 32 heavy (non-hydrogen) atoms. The van der Waals surface area contributed by atoms with Crippen molar-refractivity contribution in [3.8, 4) is 22.8 Å². The third kappa shape index (κ3) is 4.13. The summed E-state index contributed by atoms with van der Waals surface area (Å²) in [5, 5.41) is 8.48. The summed E-state index contributed by atoms with van der Waals surface area (Å²) in [6, 6.07) is 20.4. The van der Waals surface area contributed by atoms with Crippen LogP contribution in [-0.4, -0.2) is 40.2 Å². The Morgan fingerprint density at radius 3 is 2.47 bits per heavy atom. The maximum absolute atomic E-state index is 11.9. The number of aromatic nitrogens is 2. The Morgan fingerprint density at radius 1 is 1.03 bits per heavy atom. The van der Waals surface area contributed by atoms with Crippen molar-refractivity contribution in [1.29, 1.82) is 0 Å². The number of likely N-dealkylation sites (tertiary alicyclic amines) is 1. The summed E-state index contributed by atoms with van der Waals surface area (Å²) >= 11 is 0. The van der Waals surface area contributed by atoms with E-state index >= 15 is 0 Å². The second-order valence-electron chi connectivity index (χ2n) is 8.45. The van der Waals surface area contributed by atoms with Gasteiger partial charge in [0.25, 0.3) is 0 Å². The normalized spacial score (nSPS) is 18.5. The van der Waals surface area contributed by atoms with Crippen LogP contribution in [0.4, 0.5) is 5.82 Å². The molecule has 0 saturated carbocycles. The van der Waals surface area contributed by atoms with Crippen LogP contribution in [0.5, 0.6) is 11.5 Å². The minimum Gasteiger partial charge on any atom is -0.457 e. The van der Waals surface area contributed by atoms with Crippen LogP contribution in [0.25, 0.3) is 11.3 Å². The predicted octanol–water partition coefficient (Wildman–Crippen LogP) is 5.12. The molecule has 0 unspecified atom stereocenters. The van der Waals surface area contributed by atoms with E-state index in [1.54, 1.807) is 0 Å². The molecule has 0 bridgehead atoms. The number of piperidine rings is 1. The topological polar surface area (TPSA) is 59.4 Å². The van der Waals surface area contributed by atoms with Crippen LogP contribution < -0.4 is 10.1 Å². The molecule has 2 aliphatic heterocycles. The van der Waals surface area contributed by atoms with Crippen molar-refractivity contribution in [2.45, 2.75) is 25.3 Å². The Balaban J connectivity index is 1.30. The van der Waals surface area contributed by atoms with Crippen LogP contribution in [0.3, 0.4) is 0 Å². The Morgan fingerprint density at radius 2 is 1.75 bits per heavy atom. The fraction of sp³-hybridized carbons (Fsp3) is 0.308. The fourth-order valence-corrected chi connectivity index (χ4v) is 4.78. The minimum absolute atomic E-state index is 0.0375. The summed E-state index contributed by atoms with van der Waals surface area (Å²) in [7, 11) is 0. The third-order valence-electron chi connectivity index (χ3n) is 6.50. The lowest BCUT2D eigenvalue weighted by molar-refractivity contribution is -0.127. The molecular formula is C26H28N4O2. The summed E-state index contributed by atoms with van der Waals surface area (Å²) < 4.78 is 8.08. The number of nitrogens with zero attached hydrogens (tertiary/aromatic N) is 3. The molecule has 3 heterocycles. The van der Waals surface area contributed by atoms with Crippen LogP contribution in [-0.2, 0) is 4.79 Å². The third-order valence-corrected chi connectivity index (χ3v) is 6.50. The van der Waals surface area contributed by atoms with E-state index in [0.717, 1.165) is 67.5 Å². The highest BCUT2D eigenvalue weighted by molar-refractivity contribution is 5.87. The van der Waals surface area contributed by atoms with Gasteiger partial charge < -0.3 is 15.0 Å². The lowest BCUT2D eigenvalue weighted by Gasteiger charge is -2.38. The minimum atomic E-state index is 0.0375. The number of carbonyl (C=O) groups excluding carboxylic acids is 1. The zero-order valence-electron chi connectivity index (χ0n) is 18.1. The first-order valence-electron chi connectivity index (χ1n) is 11.3. The highest BCUT2D eigenvalue weighted by Crippen LogP contribution is 2.37. The molecule has 1 fully saturated rings. The zero-order valence-corrected chi connectivity index (χ0v) is 18.1. The van der Waals surface area contributed by atoms with Gasteiger partial charge in [0.1, 0.15) is 17.3 Å². The molecule has 5 rings (SSSR count). The Hall–Kier alpha value is -3.54. The second kappa shape index (κ2) is 8.91. The van der Waals surface area contributed by atoms with Gasteiger partial charge in [0.15, 0.2) is 0 Å². The first kappa shape index (κ1) is 20.4. The van der Waals surface area contributed by atoms with Crippen LogP contribution in [0.15, 0.2) is 73.3 Å². The van der Waals surface area contributed by atoms with Gasteiger partial charge in [0.05, 0.1) is 11.7 Å². The van der Waals surface area contributed by atoms with E-state index in [9.17, 15) is 4.79 Å². The molecule has 2 aliphatic rings. The van der Waals surface area contributed by atoms with Crippen molar-refractivity contribution >= 4 is 11.7 Å². The molecule has 6 nitrogen and oxygen atoms in total. The lowest BCUT2D eigenvalue weighted by Crippen LogP contribution is -2.41. The predicted molar refractivity (Wildman–Crippen MR) is 126 cm³/mol. The first-order chi connectivity index (χ1) is 15.7. The van der Waals surface area contributed by atoms with Crippen LogP contribution in [0.1, 0.15) is 25.3 Å². The van der Waals surface area contributed by atoms with Crippen molar-refractivity contribution < 1.29 is 9.53 Å². The van der Waals surface area contributed by atoms with E-state index in [-0.39, 0.29) is 5.91 Å². The van der Waals surface area contributed by atoms with Crippen molar-refractivity contribution in [1.82, 2.24) is 14.7 Å². The van der Waals surface area contributed by atoms with Crippen molar-refractivity contribution in [2.24, 2.45) is 5.92 Å². The Labute approximate surface area is 188 Å². The number of amides is 1. The van der Waals surface area contributed by atoms with E-state index in [0.29, 0.717) is 12.0 Å². The van der Waals surface area contributed by atoms with E-state index in [1.165, 1.54) is 6.08 Å². The van der Waals surface area contributed by atoms with Gasteiger partial charge in [-0.25, -0.2) is 4.68 Å². The summed E-state index contributed by atoms with van der Waals surface area (Å²) in [6.45, 7) is 6.16. The maximum Gasteiger partial charge on any atom is 0.245 e. The smallest absolute Gasteiger partial charge is 0.245 e. The van der Waals surface area contributed by atoms with E-state index in [1.807, 2.05) is 47.4 Å². The van der Waals surface area contributed by atoms with Crippen LogP contribution in [0, 0.1) is 5.92 Å². The number of nitrogens with one attached hydrogen (secondary N) is 1. The molecule has 0 radical (unpaired) electrons. The average Bonchev–Trinajstić information content (AvgIpc) is 3.29. The van der Waals surface area contributed by atoms with Gasteiger partial charge in [0.2, 0.25) is 5.91 Å². The average molecular weight is 429 g/mol. The van der Waals surface area contributed by atoms with Crippen molar-refractivity contribution in [3.05, 3.63) is 73.3 Å². The Bertz CT molecular complexity index is 1080. The van der Waals surface area contributed by atoms with E-state index in [4.69, 9.17) is 9.84 Å². The van der Waals surface area contributed by atoms with Gasteiger partial charge in [-0.1, -0.05) is 24.8 Å². The summed E-state index contributed by atoms with van der Waals surface area (Å²) in [6.07, 6.45) is 4.48. The number of hydrogen-bond acceptors (Lipinski definition) is 4. The number of rotatable bonds is 5. The van der Waals surface area contributed by atoms with Gasteiger partial charge in [-0.05, 0) is 67.7 Å². The molecule has 1 amide bonds. The highest BCUT2D eigenvalue weighted by Gasteiger charge is 2.32. The van der Waals surface area contributed by atoms with E-state index < -0.39 is 0 Å². The van der Waals surface area contributed by atoms with Gasteiger partial charge in [-0.2, -0.15) is 5.10 Å². The molecule has 1 saturated heterocycles. The highest BCUT2D eigenvalue weighted by atomic mass is 16.5. The number of carbonyl (C=O) groups is 1. The molecule has 1 N–H and O–H groups in total. The summed E-state index contributed by atoms with van der Waals surface area (Å²) in [4.78, 5) is 13.8. The summed E-state index contributed by atoms with van der Waals surface area (Å²) in [5.74, 6) is 3.27. The summed E-state index contributed by atoms with van der Waals surface area (Å²) in [5.41, 5.74) is 2.03. The van der Waals surface area contributed by atoms with Gasteiger partial charge in [0, 0.05) is 31.3 Å². The number of anilines is 1. The monoisotopic (exact) mass is 428 g/mol. The van der Waals surface area contributed by atoms with Gasteiger partial charge >= 0.3 is 0 Å². The quantitative estimate of drug-likeness (QED) is 0.573. The zero-order chi connectivity index (χ0) is 21.9. The standard InChI is InChI=1S/C26H28N4O2/c1-2-26(31)29-16-13-20(14-17-29)24-12-15-27-25-18-23(28-30(24)25)19-8-10-22(11-9-19)32-21-6-4-3-5-7-21/h2-11,18,20,24,27H,1,12-17H2/t24-/m0/s1. The van der Waals surface area contributed by atoms with Crippen molar-refractivity contribution in [3.63, 3.8) is 0 Å². The number of fused-ring (bicyclic) bond motifs is 1. The van der Waals surface area contributed by atoms with Gasteiger partial charge in [-0.15, -0.1) is 0 Å². The number of ether oxygens (including phenoxy) is 1. The van der Waals surface area contributed by atoms with Crippen LogP contribution >= 0.6 is 0 Å². The molecule has 0 aliphatic carbocycles. The molecule has 6 heteroatoms. The molecule has 2 aromatic carbocycles.